The van der Waals surface area contributed by atoms with Gasteiger partial charge in [-0.25, -0.2) is 0 Å². The Kier molecular flexibility index (Phi) is 8.58. The van der Waals surface area contributed by atoms with E-state index in [0.717, 1.165) is 30.2 Å². The van der Waals surface area contributed by atoms with E-state index < -0.39 is 17.0 Å². The molecular weight excluding hydrogens is 567 g/mol. The molecule has 1 N–H and O–H groups in total. The molecule has 3 unspecified atom stereocenters. The van der Waals surface area contributed by atoms with Crippen molar-refractivity contribution in [2.45, 2.75) is 44.7 Å². The van der Waals surface area contributed by atoms with Crippen molar-refractivity contribution in [1.29, 1.82) is 0 Å². The van der Waals surface area contributed by atoms with E-state index in [-0.39, 0.29) is 0 Å². The molecule has 2 aromatic heterocycles. The smallest absolute Gasteiger partial charge is 0.197 e. The first-order valence-electron chi connectivity index (χ1n) is 15.3. The summed E-state index contributed by atoms with van der Waals surface area (Å²) in [6.45, 7) is 12.0. The number of anilines is 1. The van der Waals surface area contributed by atoms with E-state index >= 15 is 0 Å². The Hall–Kier alpha value is -3.26. The third-order valence-electron chi connectivity index (χ3n) is 8.85. The Morgan fingerprint density at radius 2 is 1.35 bits per heavy atom. The second kappa shape index (κ2) is 12.4. The number of likely N-dealkylation sites (N-methyl/N-ethyl adjacent to an activating group) is 2. The zero-order chi connectivity index (χ0) is 29.9. The molecule has 0 saturated carbocycles. The lowest BCUT2D eigenvalue weighted by atomic mass is 9.75. The minimum atomic E-state index is -0.955. The van der Waals surface area contributed by atoms with Crippen molar-refractivity contribution < 1.29 is 4.74 Å². The Balaban J connectivity index is 1.81. The Labute approximate surface area is 264 Å². The maximum absolute atomic E-state index is 8.09. The quantitative estimate of drug-likeness (QED) is 0.172. The zero-order valence-corrected chi connectivity index (χ0v) is 27.1. The molecule has 1 fully saturated rings. The van der Waals surface area contributed by atoms with Crippen LogP contribution in [0.2, 0.25) is 0 Å². The van der Waals surface area contributed by atoms with Gasteiger partial charge < -0.3 is 9.64 Å². The maximum Gasteiger partial charge on any atom is 0.197 e. The highest BCUT2D eigenvalue weighted by Gasteiger charge is 2.69. The van der Waals surface area contributed by atoms with E-state index in [9.17, 15) is 0 Å². The van der Waals surface area contributed by atoms with E-state index in [1.165, 1.54) is 21.6 Å². The van der Waals surface area contributed by atoms with Gasteiger partial charge in [-0.3, -0.25) is 10.2 Å². The molecule has 222 valence electrons. The van der Waals surface area contributed by atoms with Gasteiger partial charge in [0, 0.05) is 10.6 Å². The van der Waals surface area contributed by atoms with E-state index in [4.69, 9.17) is 4.74 Å². The number of rotatable bonds is 10. The number of nitrogens with zero attached hydrogens (tertiary/aromatic N) is 2. The molecular formula is C37H41N3OS2. The summed E-state index contributed by atoms with van der Waals surface area (Å²) in [6.07, 6.45) is 0. The second-order valence-electron chi connectivity index (χ2n) is 11.0. The molecule has 0 radical (unpaired) electrons. The molecule has 1 aliphatic rings. The maximum atomic E-state index is 8.09. The van der Waals surface area contributed by atoms with Crippen LogP contribution in [0.1, 0.15) is 47.2 Å². The molecule has 3 aromatic carbocycles. The first-order valence-corrected chi connectivity index (χ1v) is 17.1. The van der Waals surface area contributed by atoms with Gasteiger partial charge in [0.05, 0.1) is 11.4 Å². The van der Waals surface area contributed by atoms with Crippen molar-refractivity contribution in [3.05, 3.63) is 146 Å². The summed E-state index contributed by atoms with van der Waals surface area (Å²) in [5.41, 5.74) is 2.32. The largest absolute Gasteiger partial charge is 0.342 e. The van der Waals surface area contributed by atoms with Gasteiger partial charge in [-0.1, -0.05) is 106 Å². The van der Waals surface area contributed by atoms with E-state index in [1.807, 2.05) is 0 Å². The predicted molar refractivity (Wildman–Crippen MR) is 182 cm³/mol. The van der Waals surface area contributed by atoms with E-state index in [0.29, 0.717) is 6.54 Å². The number of hydrogen-bond donors (Lipinski definition) is 1. The summed E-state index contributed by atoms with van der Waals surface area (Å²) in [5.74, 6) is 0. The monoisotopic (exact) mass is 607 g/mol. The van der Waals surface area contributed by atoms with Crippen LogP contribution in [0.3, 0.4) is 0 Å². The highest BCUT2D eigenvalue weighted by atomic mass is 32.1. The average molecular weight is 608 g/mol. The van der Waals surface area contributed by atoms with Crippen molar-refractivity contribution in [3.8, 4) is 0 Å². The van der Waals surface area contributed by atoms with Crippen LogP contribution in [0.15, 0.2) is 120 Å². The number of para-hydroxylation sites is 1. The molecule has 3 heterocycles. The Morgan fingerprint density at radius 1 is 0.744 bits per heavy atom. The lowest BCUT2D eigenvalue weighted by Gasteiger charge is -2.67. The summed E-state index contributed by atoms with van der Waals surface area (Å²) in [5, 5.41) is 8.41. The SMILES string of the molecule is CCNC1(c2cccs2)OC(c2cccs2)(c2ccccc2C)CN(c2ccccc2)C1(c1ccccc1)N(CC)CC. The number of thiophene rings is 2. The standard InChI is InChI=1S/C37H41N3OS2/c1-5-38-36(34-25-17-27-43-34)37(39(6-2)7-3,30-19-10-8-11-20-30)40(31-21-12-9-13-22-31)28-35(41-36,33-24-16-26-42-33)32-23-15-14-18-29(32)4/h8-27,38H,5-7,28H2,1-4H3. The lowest BCUT2D eigenvalue weighted by Crippen LogP contribution is -2.80. The molecule has 6 heteroatoms. The van der Waals surface area contributed by atoms with Crippen LogP contribution in [0, 0.1) is 6.92 Å². The van der Waals surface area contributed by atoms with E-state index in [2.05, 4.69) is 163 Å². The molecule has 0 spiro atoms. The van der Waals surface area contributed by atoms with E-state index in [1.54, 1.807) is 22.7 Å². The molecule has 1 aliphatic heterocycles. The number of aryl methyl sites for hydroxylation is 1. The van der Waals surface area contributed by atoms with Gasteiger partial charge >= 0.3 is 0 Å². The van der Waals surface area contributed by atoms with Gasteiger partial charge in [-0.05, 0) is 78.3 Å². The molecule has 1 saturated heterocycles. The molecule has 5 aromatic rings. The fourth-order valence-corrected chi connectivity index (χ4v) is 8.95. The van der Waals surface area contributed by atoms with Crippen LogP contribution in [0.5, 0.6) is 0 Å². The highest BCUT2D eigenvalue weighted by Crippen LogP contribution is 2.59. The topological polar surface area (TPSA) is 27.7 Å². The number of hydrogen-bond acceptors (Lipinski definition) is 6. The number of nitrogens with one attached hydrogen (secondary N) is 1. The van der Waals surface area contributed by atoms with Crippen molar-refractivity contribution in [2.75, 3.05) is 31.1 Å². The Morgan fingerprint density at radius 3 is 1.93 bits per heavy atom. The highest BCUT2D eigenvalue weighted by molar-refractivity contribution is 7.10. The molecule has 6 rings (SSSR count). The molecule has 0 aliphatic carbocycles. The van der Waals surface area contributed by atoms with Gasteiger partial charge in [0.15, 0.2) is 11.4 Å². The molecule has 3 atom stereocenters. The van der Waals surface area contributed by atoms with Crippen LogP contribution in [0.4, 0.5) is 5.69 Å². The minimum absolute atomic E-state index is 0.631. The normalized spacial score (nSPS) is 24.0. The van der Waals surface area contributed by atoms with Crippen molar-refractivity contribution in [1.82, 2.24) is 10.2 Å². The van der Waals surface area contributed by atoms with Crippen molar-refractivity contribution >= 4 is 28.4 Å². The third-order valence-corrected chi connectivity index (χ3v) is 10.8. The van der Waals surface area contributed by atoms with Crippen LogP contribution in [-0.4, -0.2) is 31.1 Å². The average Bonchev–Trinajstić information content (AvgIpc) is 3.79. The summed E-state index contributed by atoms with van der Waals surface area (Å²) >= 11 is 3.53. The minimum Gasteiger partial charge on any atom is -0.342 e. The zero-order valence-electron chi connectivity index (χ0n) is 25.5. The predicted octanol–water partition coefficient (Wildman–Crippen LogP) is 8.56. The van der Waals surface area contributed by atoms with Crippen LogP contribution in [-0.2, 0) is 21.7 Å². The second-order valence-corrected chi connectivity index (χ2v) is 12.9. The first kappa shape index (κ1) is 29.8. The molecule has 0 amide bonds. The molecule has 43 heavy (non-hydrogen) atoms. The van der Waals surface area contributed by atoms with Gasteiger partial charge in [0.2, 0.25) is 0 Å². The summed E-state index contributed by atoms with van der Waals surface area (Å²) < 4.78 is 8.09. The first-order chi connectivity index (χ1) is 21.1. The van der Waals surface area contributed by atoms with Crippen molar-refractivity contribution in [2.24, 2.45) is 0 Å². The van der Waals surface area contributed by atoms with Gasteiger partial charge in [-0.2, -0.15) is 0 Å². The summed E-state index contributed by atoms with van der Waals surface area (Å²) in [6, 6.07) is 39.5. The van der Waals surface area contributed by atoms with Crippen LogP contribution in [0.25, 0.3) is 0 Å². The van der Waals surface area contributed by atoms with Gasteiger partial charge in [-0.15, -0.1) is 22.7 Å². The van der Waals surface area contributed by atoms with Crippen LogP contribution >= 0.6 is 22.7 Å². The van der Waals surface area contributed by atoms with Crippen LogP contribution < -0.4 is 10.2 Å². The van der Waals surface area contributed by atoms with Gasteiger partial charge in [0.1, 0.15) is 5.60 Å². The fraction of sp³-hybridized carbons (Fsp3) is 0.297. The fourth-order valence-electron chi connectivity index (χ4n) is 7.20. The summed E-state index contributed by atoms with van der Waals surface area (Å²) in [7, 11) is 0. The lowest BCUT2D eigenvalue weighted by molar-refractivity contribution is -0.264. The number of morpholine rings is 1. The summed E-state index contributed by atoms with van der Waals surface area (Å²) in [4.78, 5) is 7.59. The number of benzene rings is 3. The van der Waals surface area contributed by atoms with Crippen molar-refractivity contribution in [3.63, 3.8) is 0 Å². The Bertz CT molecular complexity index is 1590. The molecule has 4 nitrogen and oxygen atoms in total. The van der Waals surface area contributed by atoms with Gasteiger partial charge in [0.25, 0.3) is 0 Å². The third kappa shape index (κ3) is 4.68. The molecule has 0 bridgehead atoms. The number of ether oxygens (including phenoxy) is 1.